The zero-order valence-electron chi connectivity index (χ0n) is 15.6. The lowest BCUT2D eigenvalue weighted by Crippen LogP contribution is -2.21. The number of ether oxygens (including phenoxy) is 1. The van der Waals surface area contributed by atoms with E-state index in [0.29, 0.717) is 13.2 Å². The fourth-order valence-corrected chi connectivity index (χ4v) is 3.38. The van der Waals surface area contributed by atoms with E-state index in [2.05, 4.69) is 0 Å². The molecule has 5 nitrogen and oxygen atoms in total. The smallest absolute Gasteiger partial charge is 0.134 e. The number of aryl methyl sites for hydroxylation is 2. The number of fused-ring (bicyclic) bond motifs is 1. The van der Waals surface area contributed by atoms with E-state index in [1.807, 2.05) is 54.6 Å². The second-order valence-corrected chi connectivity index (χ2v) is 6.84. The molecule has 5 heteroatoms. The predicted octanol–water partition coefficient (Wildman–Crippen LogP) is 4.35. The first-order valence-corrected chi connectivity index (χ1v) is 9.43. The summed E-state index contributed by atoms with van der Waals surface area (Å²) in [5.74, 6) is 1.65. The summed E-state index contributed by atoms with van der Waals surface area (Å²) in [6, 6.07) is 17.6. The molecule has 4 rings (SSSR count). The third-order valence-corrected chi connectivity index (χ3v) is 4.87. The van der Waals surface area contributed by atoms with Crippen molar-refractivity contribution in [2.75, 3.05) is 6.54 Å². The topological polar surface area (TPSA) is 87.6 Å². The van der Waals surface area contributed by atoms with Crippen LogP contribution in [0.3, 0.4) is 0 Å². The Balaban J connectivity index is 1.60. The highest BCUT2D eigenvalue weighted by Crippen LogP contribution is 2.33. The Labute approximate surface area is 163 Å². The molecular formula is C23H24N2O3. The molecule has 0 saturated carbocycles. The molecule has 4 N–H and O–H groups in total. The first-order chi connectivity index (χ1) is 13.7. The SMILES string of the molecule is NCC(N)c1c(CCc2ccoc2)oc2ccc(OCc3ccccc3)cc12. The predicted molar refractivity (Wildman–Crippen MR) is 109 cm³/mol. The Kier molecular flexibility index (Phi) is 5.46. The van der Waals surface area contributed by atoms with Crippen LogP contribution in [0.2, 0.25) is 0 Å². The maximum absolute atomic E-state index is 6.33. The molecule has 28 heavy (non-hydrogen) atoms. The zero-order chi connectivity index (χ0) is 19.3. The van der Waals surface area contributed by atoms with Crippen molar-refractivity contribution in [1.29, 1.82) is 0 Å². The molecule has 1 atom stereocenters. The molecule has 0 radical (unpaired) electrons. The van der Waals surface area contributed by atoms with Gasteiger partial charge in [-0.15, -0.1) is 0 Å². The minimum atomic E-state index is -0.287. The summed E-state index contributed by atoms with van der Waals surface area (Å²) in [5.41, 5.74) is 16.2. The molecule has 0 aliphatic heterocycles. The maximum Gasteiger partial charge on any atom is 0.134 e. The first kappa shape index (κ1) is 18.3. The molecule has 0 bridgehead atoms. The van der Waals surface area contributed by atoms with Crippen LogP contribution in [0.4, 0.5) is 0 Å². The van der Waals surface area contributed by atoms with E-state index in [-0.39, 0.29) is 6.04 Å². The van der Waals surface area contributed by atoms with Gasteiger partial charge in [-0.25, -0.2) is 0 Å². The standard InChI is InChI=1S/C23H24N2O3/c24-13-20(25)23-19-12-18(27-15-16-4-2-1-3-5-16)7-9-21(19)28-22(23)8-6-17-10-11-26-14-17/h1-5,7,9-12,14,20H,6,8,13,15,24-25H2. The lowest BCUT2D eigenvalue weighted by Gasteiger charge is -2.11. The van der Waals surface area contributed by atoms with Crippen LogP contribution in [0.25, 0.3) is 11.0 Å². The minimum Gasteiger partial charge on any atom is -0.489 e. The van der Waals surface area contributed by atoms with Crippen LogP contribution in [-0.2, 0) is 19.4 Å². The highest BCUT2D eigenvalue weighted by atomic mass is 16.5. The van der Waals surface area contributed by atoms with Gasteiger partial charge in [-0.2, -0.15) is 0 Å². The summed E-state index contributed by atoms with van der Waals surface area (Å²) in [6.45, 7) is 0.859. The van der Waals surface area contributed by atoms with Crippen molar-refractivity contribution in [2.24, 2.45) is 11.5 Å². The van der Waals surface area contributed by atoms with Crippen LogP contribution in [0.1, 0.15) is 28.5 Å². The summed E-state index contributed by atoms with van der Waals surface area (Å²) in [6.07, 6.45) is 4.98. The Hall–Kier alpha value is -3.02. The van der Waals surface area contributed by atoms with Crippen LogP contribution >= 0.6 is 0 Å². The molecule has 1 unspecified atom stereocenters. The van der Waals surface area contributed by atoms with Crippen LogP contribution < -0.4 is 16.2 Å². The van der Waals surface area contributed by atoms with E-state index < -0.39 is 0 Å². The third kappa shape index (κ3) is 3.96. The molecule has 2 aromatic carbocycles. The highest BCUT2D eigenvalue weighted by molar-refractivity contribution is 5.84. The van der Waals surface area contributed by atoms with Gasteiger partial charge in [0.2, 0.25) is 0 Å². The molecule has 144 valence electrons. The van der Waals surface area contributed by atoms with Gasteiger partial charge in [0, 0.05) is 30.0 Å². The molecule has 2 aromatic heterocycles. The summed E-state index contributed by atoms with van der Waals surface area (Å²) in [7, 11) is 0. The van der Waals surface area contributed by atoms with E-state index in [9.17, 15) is 0 Å². The normalized spacial score (nSPS) is 12.4. The molecule has 0 aliphatic rings. The van der Waals surface area contributed by atoms with Gasteiger partial charge in [0.1, 0.15) is 23.7 Å². The van der Waals surface area contributed by atoms with Crippen molar-refractivity contribution in [3.8, 4) is 5.75 Å². The third-order valence-electron chi connectivity index (χ3n) is 4.87. The van der Waals surface area contributed by atoms with Gasteiger partial charge in [-0.05, 0) is 41.8 Å². The lowest BCUT2D eigenvalue weighted by molar-refractivity contribution is 0.306. The Bertz CT molecular complexity index is 1020. The summed E-state index contributed by atoms with van der Waals surface area (Å²) < 4.78 is 17.2. The molecule has 0 amide bonds. The van der Waals surface area contributed by atoms with Crippen molar-refractivity contribution in [3.05, 3.63) is 89.6 Å². The van der Waals surface area contributed by atoms with E-state index in [1.165, 1.54) is 0 Å². The lowest BCUT2D eigenvalue weighted by atomic mass is 10.00. The fourth-order valence-electron chi connectivity index (χ4n) is 3.38. The number of nitrogens with two attached hydrogens (primary N) is 2. The van der Waals surface area contributed by atoms with Gasteiger partial charge in [0.15, 0.2) is 0 Å². The quantitative estimate of drug-likeness (QED) is 0.477. The molecule has 4 aromatic rings. The van der Waals surface area contributed by atoms with Gasteiger partial charge < -0.3 is 25.0 Å². The fraction of sp³-hybridized carbons (Fsp3) is 0.217. The van der Waals surface area contributed by atoms with Crippen molar-refractivity contribution >= 4 is 11.0 Å². The number of hydrogen-bond acceptors (Lipinski definition) is 5. The Morgan fingerprint density at radius 3 is 2.57 bits per heavy atom. The van der Waals surface area contributed by atoms with Crippen molar-refractivity contribution in [1.82, 2.24) is 0 Å². The number of benzene rings is 2. The highest BCUT2D eigenvalue weighted by Gasteiger charge is 2.20. The van der Waals surface area contributed by atoms with E-state index in [1.54, 1.807) is 12.5 Å². The van der Waals surface area contributed by atoms with Gasteiger partial charge in [0.05, 0.1) is 12.5 Å². The second kappa shape index (κ2) is 8.33. The summed E-state index contributed by atoms with van der Waals surface area (Å²) >= 11 is 0. The van der Waals surface area contributed by atoms with Crippen molar-refractivity contribution in [2.45, 2.75) is 25.5 Å². The van der Waals surface area contributed by atoms with Crippen LogP contribution in [-0.4, -0.2) is 6.54 Å². The summed E-state index contributed by atoms with van der Waals surface area (Å²) in [5, 5.41) is 0.964. The van der Waals surface area contributed by atoms with E-state index >= 15 is 0 Å². The average molecular weight is 376 g/mol. The zero-order valence-corrected chi connectivity index (χ0v) is 15.6. The largest absolute Gasteiger partial charge is 0.489 e. The first-order valence-electron chi connectivity index (χ1n) is 9.43. The Morgan fingerprint density at radius 1 is 0.964 bits per heavy atom. The van der Waals surface area contributed by atoms with Crippen LogP contribution in [0.15, 0.2) is 76.0 Å². The van der Waals surface area contributed by atoms with Crippen LogP contribution in [0.5, 0.6) is 5.75 Å². The Morgan fingerprint density at radius 2 is 1.82 bits per heavy atom. The molecule has 0 spiro atoms. The van der Waals surface area contributed by atoms with Gasteiger partial charge >= 0.3 is 0 Å². The van der Waals surface area contributed by atoms with Gasteiger partial charge in [-0.3, -0.25) is 0 Å². The molecule has 0 fully saturated rings. The number of furan rings is 2. The van der Waals surface area contributed by atoms with Crippen molar-refractivity contribution in [3.63, 3.8) is 0 Å². The maximum atomic E-state index is 6.33. The van der Waals surface area contributed by atoms with E-state index in [4.69, 9.17) is 25.0 Å². The van der Waals surface area contributed by atoms with E-state index in [0.717, 1.165) is 52.0 Å². The van der Waals surface area contributed by atoms with Gasteiger partial charge in [-0.1, -0.05) is 30.3 Å². The van der Waals surface area contributed by atoms with Crippen molar-refractivity contribution < 1.29 is 13.6 Å². The number of hydrogen-bond donors (Lipinski definition) is 2. The number of rotatable bonds is 8. The molecule has 0 aliphatic carbocycles. The molecule has 0 saturated heterocycles. The molecular weight excluding hydrogens is 352 g/mol. The minimum absolute atomic E-state index is 0.287. The average Bonchev–Trinajstić information content (AvgIpc) is 3.38. The van der Waals surface area contributed by atoms with Gasteiger partial charge in [0.25, 0.3) is 0 Å². The molecule has 2 heterocycles. The summed E-state index contributed by atoms with van der Waals surface area (Å²) in [4.78, 5) is 0. The van der Waals surface area contributed by atoms with Crippen LogP contribution in [0, 0.1) is 0 Å². The monoisotopic (exact) mass is 376 g/mol. The second-order valence-electron chi connectivity index (χ2n) is 6.84.